The zero-order chi connectivity index (χ0) is 12.3. The molecule has 0 spiro atoms. The average molecular weight is 235 g/mol. The van der Waals surface area contributed by atoms with Crippen molar-refractivity contribution in [1.29, 1.82) is 0 Å². The fourth-order valence-corrected chi connectivity index (χ4v) is 2.79. The van der Waals surface area contributed by atoms with Crippen molar-refractivity contribution in [2.45, 2.75) is 45.1 Å². The van der Waals surface area contributed by atoms with Gasteiger partial charge in [0.2, 0.25) is 0 Å². The first kappa shape index (κ1) is 12.5. The summed E-state index contributed by atoms with van der Waals surface area (Å²) in [4.78, 5) is 8.39. The van der Waals surface area contributed by atoms with E-state index in [1.807, 2.05) is 6.92 Å². The van der Waals surface area contributed by atoms with Crippen molar-refractivity contribution in [2.24, 2.45) is 11.1 Å². The van der Waals surface area contributed by atoms with Gasteiger partial charge in [0.25, 0.3) is 0 Å². The molecule has 4 nitrogen and oxygen atoms in total. The van der Waals surface area contributed by atoms with Gasteiger partial charge in [0.1, 0.15) is 11.9 Å². The molecule has 1 unspecified atom stereocenters. The largest absolute Gasteiger partial charge is 0.386 e. The van der Waals surface area contributed by atoms with Crippen molar-refractivity contribution >= 4 is 0 Å². The maximum atomic E-state index is 10.5. The van der Waals surface area contributed by atoms with Gasteiger partial charge in [-0.15, -0.1) is 0 Å². The SMILES string of the molecule is Cc1nccc(C(O)C2(CN)CCCCC2)n1. The molecule has 1 aromatic heterocycles. The minimum atomic E-state index is -0.561. The van der Waals surface area contributed by atoms with Crippen molar-refractivity contribution in [2.75, 3.05) is 6.54 Å². The Morgan fingerprint density at radius 2 is 2.12 bits per heavy atom. The second-order valence-electron chi connectivity index (χ2n) is 5.06. The topological polar surface area (TPSA) is 72.0 Å². The summed E-state index contributed by atoms with van der Waals surface area (Å²) in [5, 5.41) is 10.5. The number of aryl methyl sites for hydroxylation is 1. The van der Waals surface area contributed by atoms with Gasteiger partial charge >= 0.3 is 0 Å². The van der Waals surface area contributed by atoms with Crippen molar-refractivity contribution in [1.82, 2.24) is 9.97 Å². The van der Waals surface area contributed by atoms with E-state index in [0.29, 0.717) is 18.1 Å². The van der Waals surface area contributed by atoms with E-state index in [1.54, 1.807) is 12.3 Å². The molecule has 1 aliphatic rings. The summed E-state index contributed by atoms with van der Waals surface area (Å²) in [6.07, 6.45) is 6.68. The molecule has 17 heavy (non-hydrogen) atoms. The summed E-state index contributed by atoms with van der Waals surface area (Å²) in [6, 6.07) is 1.80. The van der Waals surface area contributed by atoms with Gasteiger partial charge in [-0.05, 0) is 25.8 Å². The standard InChI is InChI=1S/C13H21N3O/c1-10-15-8-5-11(16-10)12(17)13(9-14)6-3-2-4-7-13/h5,8,12,17H,2-4,6-7,9,14H2,1H3. The van der Waals surface area contributed by atoms with Gasteiger partial charge in [-0.2, -0.15) is 0 Å². The molecule has 0 aliphatic heterocycles. The van der Waals surface area contributed by atoms with E-state index in [-0.39, 0.29) is 5.41 Å². The number of hydrogen-bond acceptors (Lipinski definition) is 4. The first-order valence-corrected chi connectivity index (χ1v) is 6.36. The van der Waals surface area contributed by atoms with Crippen LogP contribution in [-0.4, -0.2) is 21.6 Å². The number of nitrogens with zero attached hydrogens (tertiary/aromatic N) is 2. The minimum Gasteiger partial charge on any atom is -0.386 e. The molecule has 1 atom stereocenters. The Bertz CT molecular complexity index is 375. The summed E-state index contributed by atoms with van der Waals surface area (Å²) < 4.78 is 0. The molecule has 3 N–H and O–H groups in total. The van der Waals surface area contributed by atoms with Crippen LogP contribution in [0.5, 0.6) is 0 Å². The van der Waals surface area contributed by atoms with E-state index in [9.17, 15) is 5.11 Å². The molecule has 0 bridgehead atoms. The monoisotopic (exact) mass is 235 g/mol. The molecule has 1 aliphatic carbocycles. The van der Waals surface area contributed by atoms with E-state index in [0.717, 1.165) is 25.7 Å². The molecule has 0 radical (unpaired) electrons. The van der Waals surface area contributed by atoms with E-state index in [4.69, 9.17) is 5.73 Å². The molecule has 1 saturated carbocycles. The second-order valence-corrected chi connectivity index (χ2v) is 5.06. The Hall–Kier alpha value is -1.00. The molecular weight excluding hydrogens is 214 g/mol. The summed E-state index contributed by atoms with van der Waals surface area (Å²) in [5.74, 6) is 0.699. The molecule has 0 saturated heterocycles. The Morgan fingerprint density at radius 1 is 1.41 bits per heavy atom. The maximum Gasteiger partial charge on any atom is 0.125 e. The number of aliphatic hydroxyl groups is 1. The number of rotatable bonds is 3. The molecule has 2 rings (SSSR count). The third-order valence-corrected chi connectivity index (χ3v) is 3.91. The van der Waals surface area contributed by atoms with Crippen LogP contribution in [0.3, 0.4) is 0 Å². The number of nitrogens with two attached hydrogens (primary N) is 1. The lowest BCUT2D eigenvalue weighted by Crippen LogP contribution is -2.39. The third kappa shape index (κ3) is 2.48. The molecule has 4 heteroatoms. The smallest absolute Gasteiger partial charge is 0.125 e. The summed E-state index contributed by atoms with van der Waals surface area (Å²) >= 11 is 0. The molecule has 0 aromatic carbocycles. The van der Waals surface area contributed by atoms with Crippen molar-refractivity contribution in [3.8, 4) is 0 Å². The minimum absolute atomic E-state index is 0.182. The number of aliphatic hydroxyl groups excluding tert-OH is 1. The molecular formula is C13H21N3O. The predicted molar refractivity (Wildman–Crippen MR) is 66.3 cm³/mol. The van der Waals surface area contributed by atoms with Crippen LogP contribution in [0, 0.1) is 12.3 Å². The lowest BCUT2D eigenvalue weighted by Gasteiger charge is -2.40. The van der Waals surface area contributed by atoms with E-state index in [1.165, 1.54) is 6.42 Å². The Morgan fingerprint density at radius 3 is 2.71 bits per heavy atom. The summed E-state index contributed by atoms with van der Waals surface area (Å²) in [7, 11) is 0. The lowest BCUT2D eigenvalue weighted by molar-refractivity contribution is -0.00232. The van der Waals surface area contributed by atoms with Crippen LogP contribution in [0.15, 0.2) is 12.3 Å². The van der Waals surface area contributed by atoms with Crippen LogP contribution in [0.4, 0.5) is 0 Å². The predicted octanol–water partition coefficient (Wildman–Crippen LogP) is 1.73. The highest BCUT2D eigenvalue weighted by Gasteiger charge is 2.39. The zero-order valence-corrected chi connectivity index (χ0v) is 10.4. The highest BCUT2D eigenvalue weighted by molar-refractivity contribution is 5.10. The van der Waals surface area contributed by atoms with Gasteiger partial charge in [0.15, 0.2) is 0 Å². The van der Waals surface area contributed by atoms with Gasteiger partial charge in [-0.1, -0.05) is 19.3 Å². The lowest BCUT2D eigenvalue weighted by atomic mass is 9.69. The first-order valence-electron chi connectivity index (χ1n) is 6.36. The van der Waals surface area contributed by atoms with E-state index >= 15 is 0 Å². The molecule has 0 amide bonds. The highest BCUT2D eigenvalue weighted by atomic mass is 16.3. The van der Waals surface area contributed by atoms with Crippen LogP contribution in [-0.2, 0) is 0 Å². The Kier molecular flexibility index (Phi) is 3.74. The van der Waals surface area contributed by atoms with Crippen molar-refractivity contribution in [3.63, 3.8) is 0 Å². The Labute approximate surface area is 102 Å². The zero-order valence-electron chi connectivity index (χ0n) is 10.4. The van der Waals surface area contributed by atoms with Gasteiger partial charge in [-0.25, -0.2) is 9.97 Å². The van der Waals surface area contributed by atoms with Crippen molar-refractivity contribution < 1.29 is 5.11 Å². The Balaban J connectivity index is 2.24. The summed E-state index contributed by atoms with van der Waals surface area (Å²) in [6.45, 7) is 2.36. The summed E-state index contributed by atoms with van der Waals surface area (Å²) in [5.41, 5.74) is 6.44. The van der Waals surface area contributed by atoms with Crippen LogP contribution in [0.25, 0.3) is 0 Å². The second kappa shape index (κ2) is 5.10. The van der Waals surface area contributed by atoms with Gasteiger partial charge < -0.3 is 10.8 Å². The van der Waals surface area contributed by atoms with Crippen LogP contribution >= 0.6 is 0 Å². The van der Waals surface area contributed by atoms with Crippen LogP contribution in [0.1, 0.15) is 49.7 Å². The van der Waals surface area contributed by atoms with Crippen LogP contribution < -0.4 is 5.73 Å². The molecule has 1 heterocycles. The van der Waals surface area contributed by atoms with Gasteiger partial charge in [0, 0.05) is 18.2 Å². The van der Waals surface area contributed by atoms with E-state index < -0.39 is 6.10 Å². The number of hydrogen-bond donors (Lipinski definition) is 2. The quantitative estimate of drug-likeness (QED) is 0.837. The normalized spacial score (nSPS) is 21.1. The highest BCUT2D eigenvalue weighted by Crippen LogP contribution is 2.44. The van der Waals surface area contributed by atoms with Gasteiger partial charge in [-0.3, -0.25) is 0 Å². The average Bonchev–Trinajstić information content (AvgIpc) is 2.38. The van der Waals surface area contributed by atoms with Crippen molar-refractivity contribution in [3.05, 3.63) is 23.8 Å². The van der Waals surface area contributed by atoms with Crippen LogP contribution in [0.2, 0.25) is 0 Å². The van der Waals surface area contributed by atoms with E-state index in [2.05, 4.69) is 9.97 Å². The number of aromatic nitrogens is 2. The molecule has 1 fully saturated rings. The molecule has 1 aromatic rings. The fourth-order valence-electron chi connectivity index (χ4n) is 2.79. The fraction of sp³-hybridized carbons (Fsp3) is 0.692. The molecule has 94 valence electrons. The maximum absolute atomic E-state index is 10.5. The third-order valence-electron chi connectivity index (χ3n) is 3.91. The first-order chi connectivity index (χ1) is 8.18. The van der Waals surface area contributed by atoms with Gasteiger partial charge in [0.05, 0.1) is 5.69 Å².